The van der Waals surface area contributed by atoms with E-state index in [2.05, 4.69) is 10.2 Å². The minimum Gasteiger partial charge on any atom is -0.336 e. The quantitative estimate of drug-likeness (QED) is 0.868. The molecule has 3 saturated heterocycles. The first-order valence-electron chi connectivity index (χ1n) is 6.55. The van der Waals surface area contributed by atoms with Gasteiger partial charge in [0.25, 0.3) is 5.91 Å². The molecule has 1 atom stereocenters. The summed E-state index contributed by atoms with van der Waals surface area (Å²) in [6.07, 6.45) is 5.87. The summed E-state index contributed by atoms with van der Waals surface area (Å²) in [6, 6.07) is 1.78. The Morgan fingerprint density at radius 3 is 2.79 bits per heavy atom. The van der Waals surface area contributed by atoms with Crippen LogP contribution in [0, 0.1) is 5.92 Å². The summed E-state index contributed by atoms with van der Waals surface area (Å²) in [7, 11) is 0. The first-order chi connectivity index (χ1) is 9.17. The minimum atomic E-state index is 0.0183. The summed E-state index contributed by atoms with van der Waals surface area (Å²) in [5, 5.41) is 3.85. The van der Waals surface area contributed by atoms with E-state index in [9.17, 15) is 4.79 Å². The summed E-state index contributed by atoms with van der Waals surface area (Å²) < 4.78 is 1.01. The summed E-state index contributed by atoms with van der Waals surface area (Å²) in [4.78, 5) is 15.4. The second-order valence-corrected chi connectivity index (χ2v) is 7.69. The monoisotopic (exact) mass is 316 g/mol. The number of thioether (sulfide) groups is 1. The zero-order valence-electron chi connectivity index (χ0n) is 10.8. The molecular formula is C13H17ClN2OS2. The highest BCUT2D eigenvalue weighted by Gasteiger charge is 2.34. The number of hydrogen-bond acceptors (Lipinski definition) is 4. The normalized spacial score (nSPS) is 29.5. The van der Waals surface area contributed by atoms with Crippen molar-refractivity contribution in [3.63, 3.8) is 0 Å². The smallest absolute Gasteiger partial charge is 0.262 e. The lowest BCUT2D eigenvalue weighted by atomic mass is 9.86. The van der Waals surface area contributed by atoms with Gasteiger partial charge in [0.1, 0.15) is 0 Å². The number of amides is 1. The molecule has 1 aromatic rings. The van der Waals surface area contributed by atoms with Crippen LogP contribution in [-0.2, 0) is 0 Å². The molecule has 1 unspecified atom stereocenters. The predicted molar refractivity (Wildman–Crippen MR) is 81.3 cm³/mol. The van der Waals surface area contributed by atoms with Crippen LogP contribution >= 0.6 is 34.7 Å². The molecule has 1 N–H and O–H groups in total. The van der Waals surface area contributed by atoms with Crippen molar-refractivity contribution in [3.05, 3.63) is 16.0 Å². The number of rotatable bonds is 3. The molecule has 3 nitrogen and oxygen atoms in total. The molecule has 19 heavy (non-hydrogen) atoms. The van der Waals surface area contributed by atoms with Gasteiger partial charge in [-0.1, -0.05) is 11.6 Å². The van der Waals surface area contributed by atoms with Gasteiger partial charge in [0, 0.05) is 13.1 Å². The molecule has 3 fully saturated rings. The maximum Gasteiger partial charge on any atom is 0.262 e. The third-order valence-electron chi connectivity index (χ3n) is 4.01. The fraction of sp³-hybridized carbons (Fsp3) is 0.615. The van der Waals surface area contributed by atoms with Crippen molar-refractivity contribution in [3.8, 4) is 0 Å². The molecule has 0 aromatic carbocycles. The third-order valence-corrected chi connectivity index (χ3v) is 6.80. The minimum absolute atomic E-state index is 0.0183. The van der Waals surface area contributed by atoms with E-state index < -0.39 is 0 Å². The maximum absolute atomic E-state index is 12.3. The molecule has 2 bridgehead atoms. The van der Waals surface area contributed by atoms with Gasteiger partial charge in [-0.05, 0) is 37.5 Å². The molecule has 0 aliphatic carbocycles. The number of carbonyl (C=O) groups is 1. The zero-order chi connectivity index (χ0) is 13.4. The first kappa shape index (κ1) is 13.7. The Balaban J connectivity index is 1.67. The molecule has 6 heteroatoms. The first-order valence-corrected chi connectivity index (χ1v) is 8.97. The molecule has 4 rings (SSSR count). The Kier molecular flexibility index (Phi) is 4.08. The molecule has 1 amide bonds. The van der Waals surface area contributed by atoms with Crippen LogP contribution in [-0.4, -0.2) is 36.3 Å². The summed E-state index contributed by atoms with van der Waals surface area (Å²) >= 11 is 9.16. The molecule has 0 radical (unpaired) electrons. The fourth-order valence-corrected chi connectivity index (χ4v) is 5.00. The molecule has 1 aromatic heterocycles. The highest BCUT2D eigenvalue weighted by atomic mass is 35.5. The average molecular weight is 317 g/mol. The Morgan fingerprint density at radius 1 is 1.53 bits per heavy atom. The van der Waals surface area contributed by atoms with Crippen molar-refractivity contribution in [2.45, 2.75) is 29.6 Å². The lowest BCUT2D eigenvalue weighted by Gasteiger charge is -2.45. The lowest BCUT2D eigenvalue weighted by molar-refractivity contribution is 0.0296. The number of nitrogens with zero attached hydrogens (tertiary/aromatic N) is 1. The number of hydrogen-bond donors (Lipinski definition) is 1. The SMILES string of the molecule is CSc1sc(C(=O)NC2CC3CCN2CC3)cc1Cl. The third kappa shape index (κ3) is 2.79. The van der Waals surface area contributed by atoms with Crippen molar-refractivity contribution < 1.29 is 4.79 Å². The summed E-state index contributed by atoms with van der Waals surface area (Å²) in [5.74, 6) is 0.814. The van der Waals surface area contributed by atoms with Crippen molar-refractivity contribution in [2.75, 3.05) is 19.3 Å². The van der Waals surface area contributed by atoms with Crippen LogP contribution in [0.4, 0.5) is 0 Å². The van der Waals surface area contributed by atoms with Crippen LogP contribution in [0.1, 0.15) is 28.9 Å². The van der Waals surface area contributed by atoms with Gasteiger partial charge in [0.15, 0.2) is 0 Å². The molecule has 104 valence electrons. The Bertz CT molecular complexity index is 483. The van der Waals surface area contributed by atoms with Crippen molar-refractivity contribution in [1.82, 2.24) is 10.2 Å². The van der Waals surface area contributed by atoms with E-state index in [0.29, 0.717) is 5.02 Å². The molecule has 4 heterocycles. The lowest BCUT2D eigenvalue weighted by Crippen LogP contribution is -2.56. The predicted octanol–water partition coefficient (Wildman–Crippen LogP) is 3.30. The number of thiophene rings is 1. The molecular weight excluding hydrogens is 300 g/mol. The summed E-state index contributed by atoms with van der Waals surface area (Å²) in [5.41, 5.74) is 0. The molecule has 3 aliphatic heterocycles. The van der Waals surface area contributed by atoms with E-state index in [0.717, 1.165) is 34.5 Å². The van der Waals surface area contributed by atoms with E-state index in [-0.39, 0.29) is 12.1 Å². The van der Waals surface area contributed by atoms with Gasteiger partial charge >= 0.3 is 0 Å². The highest BCUT2D eigenvalue weighted by molar-refractivity contribution is 8.00. The van der Waals surface area contributed by atoms with Crippen LogP contribution in [0.2, 0.25) is 5.02 Å². The second kappa shape index (κ2) is 5.64. The van der Waals surface area contributed by atoms with E-state index in [1.165, 1.54) is 24.2 Å². The van der Waals surface area contributed by atoms with Crippen LogP contribution in [0.15, 0.2) is 10.3 Å². The molecule has 3 aliphatic rings. The van der Waals surface area contributed by atoms with E-state index in [4.69, 9.17) is 11.6 Å². The number of nitrogens with one attached hydrogen (secondary N) is 1. The van der Waals surface area contributed by atoms with Gasteiger partial charge in [-0.25, -0.2) is 0 Å². The van der Waals surface area contributed by atoms with Crippen molar-refractivity contribution in [1.29, 1.82) is 0 Å². The maximum atomic E-state index is 12.3. The van der Waals surface area contributed by atoms with Crippen LogP contribution in [0.25, 0.3) is 0 Å². The van der Waals surface area contributed by atoms with Gasteiger partial charge in [-0.15, -0.1) is 23.1 Å². The van der Waals surface area contributed by atoms with Gasteiger partial charge in [0.05, 0.1) is 20.3 Å². The number of fused-ring (bicyclic) bond motifs is 3. The molecule has 0 spiro atoms. The van der Waals surface area contributed by atoms with E-state index in [1.54, 1.807) is 17.8 Å². The van der Waals surface area contributed by atoms with Gasteiger partial charge in [-0.2, -0.15) is 0 Å². The molecule has 0 saturated carbocycles. The van der Waals surface area contributed by atoms with Gasteiger partial charge in [-0.3, -0.25) is 9.69 Å². The Labute approximate surface area is 126 Å². The second-order valence-electron chi connectivity index (χ2n) is 5.15. The number of carbonyl (C=O) groups excluding carboxylic acids is 1. The fourth-order valence-electron chi connectivity index (χ4n) is 2.94. The standard InChI is InChI=1S/C13H17ClN2OS2/c1-18-13-9(14)7-10(19-13)12(17)15-11-6-8-2-4-16(11)5-3-8/h7-8,11H,2-6H2,1H3,(H,15,17). The van der Waals surface area contributed by atoms with Crippen LogP contribution in [0.3, 0.4) is 0 Å². The van der Waals surface area contributed by atoms with Crippen LogP contribution < -0.4 is 5.32 Å². The Morgan fingerprint density at radius 2 is 2.26 bits per heavy atom. The van der Waals surface area contributed by atoms with Gasteiger partial charge in [0.2, 0.25) is 0 Å². The van der Waals surface area contributed by atoms with Gasteiger partial charge < -0.3 is 5.32 Å². The Hall–Kier alpha value is -0.230. The van der Waals surface area contributed by atoms with E-state index >= 15 is 0 Å². The average Bonchev–Trinajstić information content (AvgIpc) is 2.81. The number of piperidine rings is 3. The van der Waals surface area contributed by atoms with Crippen LogP contribution in [0.5, 0.6) is 0 Å². The number of halogens is 1. The van der Waals surface area contributed by atoms with Crippen molar-refractivity contribution in [2.24, 2.45) is 5.92 Å². The topological polar surface area (TPSA) is 32.3 Å². The summed E-state index contributed by atoms with van der Waals surface area (Å²) in [6.45, 7) is 2.24. The highest BCUT2D eigenvalue weighted by Crippen LogP contribution is 2.35. The van der Waals surface area contributed by atoms with E-state index in [1.807, 2.05) is 6.26 Å². The zero-order valence-corrected chi connectivity index (χ0v) is 13.2. The van der Waals surface area contributed by atoms with Crippen molar-refractivity contribution >= 4 is 40.6 Å². The largest absolute Gasteiger partial charge is 0.336 e.